The quantitative estimate of drug-likeness (QED) is 0.328. The van der Waals surface area contributed by atoms with Gasteiger partial charge in [-0.15, -0.1) is 13.2 Å². The molecule has 0 aromatic rings. The third-order valence-electron chi connectivity index (χ3n) is 0.637. The van der Waals surface area contributed by atoms with Crippen molar-refractivity contribution in [1.29, 1.82) is 0 Å². The molecule has 0 spiro atoms. The van der Waals surface area contributed by atoms with E-state index in [9.17, 15) is 0 Å². The highest BCUT2D eigenvalue weighted by molar-refractivity contribution is 4.86. The van der Waals surface area contributed by atoms with E-state index in [0.717, 1.165) is 0 Å². The van der Waals surface area contributed by atoms with E-state index in [1.165, 1.54) is 5.01 Å². The molecule has 0 saturated carbocycles. The average molecular weight is 111 g/mol. The lowest BCUT2D eigenvalue weighted by atomic mass is 10.5. The molecule has 0 heterocycles. The zero-order valence-electron chi connectivity index (χ0n) is 4.88. The Hall–Kier alpha value is -0.600. The van der Waals surface area contributed by atoms with Crippen LogP contribution in [0.25, 0.3) is 0 Å². The Morgan fingerprint density at radius 3 is 2.50 bits per heavy atom. The first-order valence-corrected chi connectivity index (χ1v) is 2.39. The van der Waals surface area contributed by atoms with Crippen LogP contribution >= 0.6 is 0 Å². The minimum absolute atomic E-state index is 0.659. The van der Waals surface area contributed by atoms with E-state index in [1.807, 2.05) is 0 Å². The van der Waals surface area contributed by atoms with E-state index in [-0.39, 0.29) is 0 Å². The summed E-state index contributed by atoms with van der Waals surface area (Å²) in [5.41, 5.74) is 0. The summed E-state index contributed by atoms with van der Waals surface area (Å²) in [7, 11) is 0. The Morgan fingerprint density at radius 2 is 2.12 bits per heavy atom. The molecule has 0 amide bonds. The molecule has 2 heteroatoms. The Balaban J connectivity index is 3.16. The molecule has 0 aliphatic heterocycles. The van der Waals surface area contributed by atoms with Crippen LogP contribution in [0.4, 0.5) is 0 Å². The van der Waals surface area contributed by atoms with Crippen molar-refractivity contribution in [3.63, 3.8) is 0 Å². The van der Waals surface area contributed by atoms with Crippen LogP contribution in [0.15, 0.2) is 25.3 Å². The fourth-order valence-corrected chi connectivity index (χ4v) is 0.345. The number of nitrogens with two attached hydrogens (primary N) is 1. The summed E-state index contributed by atoms with van der Waals surface area (Å²) < 4.78 is 0. The first kappa shape index (κ1) is 7.40. The molecule has 0 aromatic carbocycles. The first-order chi connectivity index (χ1) is 3.81. The molecule has 0 unspecified atom stereocenters. The summed E-state index contributed by atoms with van der Waals surface area (Å²) in [4.78, 5) is 0. The minimum atomic E-state index is 0.659. The molecule has 0 fully saturated rings. The van der Waals surface area contributed by atoms with Crippen LogP contribution in [-0.2, 0) is 0 Å². The maximum Gasteiger partial charge on any atom is 0.0627 e. The van der Waals surface area contributed by atoms with Crippen LogP contribution in [-0.4, -0.2) is 11.6 Å². The molecule has 0 saturated heterocycles. The summed E-state index contributed by atoms with van der Waals surface area (Å²) in [6.07, 6.45) is 3.35. The van der Waals surface area contributed by atoms with Crippen molar-refractivity contribution in [2.45, 2.75) is 0 Å². The van der Waals surface area contributed by atoms with Gasteiger partial charge in [0.25, 0.3) is 0 Å². The zero-order chi connectivity index (χ0) is 6.41. The maximum absolute atomic E-state index is 5.33. The lowest BCUT2D eigenvalue weighted by Gasteiger charge is -2.08. The van der Waals surface area contributed by atoms with E-state index < -0.39 is 0 Å². The number of hydrazine groups is 1. The minimum Gasteiger partial charge on any atom is -0.268 e. The van der Waals surface area contributed by atoms with Crippen molar-refractivity contribution < 1.29 is 0 Å². The average Bonchev–Trinajstić information content (AvgIpc) is 1.68. The summed E-state index contributed by atoms with van der Waals surface area (Å²) in [6, 6.07) is 0. The number of hydrogen-bond acceptors (Lipinski definition) is 2. The Bertz CT molecular complexity index is 68.6. The molecule has 0 aliphatic rings. The lowest BCUT2D eigenvalue weighted by Crippen LogP contribution is -2.27. The predicted molar refractivity (Wildman–Crippen MR) is 35.6 cm³/mol. The normalized spacial score (nSPS) is 9.25. The van der Waals surface area contributed by atoms with Crippen LogP contribution in [0.2, 0.25) is 0 Å². The van der Waals surface area contributed by atoms with Gasteiger partial charge in [0.2, 0.25) is 0 Å². The fraction of sp³-hybridized carbons (Fsp3) is 0.167. The summed E-state index contributed by atoms with van der Waals surface area (Å²) >= 11 is 0. The van der Waals surface area contributed by atoms with Crippen LogP contribution in [0, 0.1) is 6.54 Å². The first-order valence-electron chi connectivity index (χ1n) is 2.39. The fourth-order valence-electron chi connectivity index (χ4n) is 0.345. The third kappa shape index (κ3) is 3.59. The van der Waals surface area contributed by atoms with Crippen molar-refractivity contribution in [1.82, 2.24) is 5.01 Å². The second-order valence-electron chi connectivity index (χ2n) is 1.37. The van der Waals surface area contributed by atoms with E-state index >= 15 is 0 Å². The van der Waals surface area contributed by atoms with Gasteiger partial charge in [0.1, 0.15) is 0 Å². The van der Waals surface area contributed by atoms with Gasteiger partial charge >= 0.3 is 0 Å². The molecule has 8 heavy (non-hydrogen) atoms. The molecule has 2 nitrogen and oxygen atoms in total. The van der Waals surface area contributed by atoms with Gasteiger partial charge in [0, 0.05) is 6.54 Å². The number of rotatable bonds is 4. The molecule has 45 valence electrons. The summed E-state index contributed by atoms with van der Waals surface area (Å²) in [5, 5.41) is 1.50. The second kappa shape index (κ2) is 4.56. The van der Waals surface area contributed by atoms with Crippen LogP contribution in [0.3, 0.4) is 0 Å². The van der Waals surface area contributed by atoms with E-state index in [2.05, 4.69) is 13.2 Å². The second-order valence-corrected chi connectivity index (χ2v) is 1.37. The molecule has 1 radical (unpaired) electrons. The third-order valence-corrected chi connectivity index (χ3v) is 0.637. The number of nitrogens with zero attached hydrogens (tertiary/aromatic N) is 1. The molecule has 2 N–H and O–H groups in total. The summed E-state index contributed by atoms with van der Waals surface area (Å²) in [6.45, 7) is 9.32. The molecule has 0 aliphatic carbocycles. The van der Waals surface area contributed by atoms with Crippen LogP contribution in [0.5, 0.6) is 0 Å². The van der Waals surface area contributed by atoms with Crippen molar-refractivity contribution in [2.24, 2.45) is 5.84 Å². The topological polar surface area (TPSA) is 29.3 Å². The maximum atomic E-state index is 5.33. The lowest BCUT2D eigenvalue weighted by molar-refractivity contribution is 0.404. The Morgan fingerprint density at radius 1 is 1.50 bits per heavy atom. The van der Waals surface area contributed by atoms with Gasteiger partial charge in [-0.3, -0.25) is 5.84 Å². The Kier molecular flexibility index (Phi) is 4.21. The van der Waals surface area contributed by atoms with Crippen molar-refractivity contribution in [3.05, 3.63) is 31.9 Å². The SMILES string of the molecule is C=C[CH]N(N)CC=C. The molecular formula is C6H11N2. The van der Waals surface area contributed by atoms with Crippen molar-refractivity contribution >= 4 is 0 Å². The van der Waals surface area contributed by atoms with E-state index in [1.54, 1.807) is 18.7 Å². The molecule has 0 atom stereocenters. The van der Waals surface area contributed by atoms with Crippen molar-refractivity contribution in [2.75, 3.05) is 6.54 Å². The highest BCUT2D eigenvalue weighted by atomic mass is 15.4. The van der Waals surface area contributed by atoms with Gasteiger partial charge in [-0.1, -0.05) is 12.2 Å². The smallest absolute Gasteiger partial charge is 0.0627 e. The highest BCUT2D eigenvalue weighted by Gasteiger charge is 1.87. The largest absolute Gasteiger partial charge is 0.268 e. The predicted octanol–water partition coefficient (Wildman–Crippen LogP) is 0.696. The monoisotopic (exact) mass is 111 g/mol. The van der Waals surface area contributed by atoms with E-state index in [0.29, 0.717) is 6.54 Å². The Labute approximate surface area is 50.3 Å². The standard InChI is InChI=1S/C6H11N2/c1-3-5-8(7)6-4-2/h3-5H,1-2,6-7H2. The van der Waals surface area contributed by atoms with Gasteiger partial charge in [-0.25, -0.2) is 5.01 Å². The van der Waals surface area contributed by atoms with Gasteiger partial charge in [0.05, 0.1) is 6.54 Å². The highest BCUT2D eigenvalue weighted by Crippen LogP contribution is 1.82. The van der Waals surface area contributed by atoms with Gasteiger partial charge in [-0.05, 0) is 0 Å². The van der Waals surface area contributed by atoms with Crippen LogP contribution < -0.4 is 5.84 Å². The number of hydrogen-bond donors (Lipinski definition) is 1. The summed E-state index contributed by atoms with van der Waals surface area (Å²) in [5.74, 6) is 5.33. The molecule has 0 aromatic heterocycles. The molecular weight excluding hydrogens is 100 g/mol. The zero-order valence-corrected chi connectivity index (χ0v) is 4.88. The van der Waals surface area contributed by atoms with Gasteiger partial charge in [0.15, 0.2) is 0 Å². The van der Waals surface area contributed by atoms with Crippen molar-refractivity contribution in [3.8, 4) is 0 Å². The molecule has 0 rings (SSSR count). The molecule has 0 bridgehead atoms. The van der Waals surface area contributed by atoms with Crippen LogP contribution in [0.1, 0.15) is 0 Å². The van der Waals surface area contributed by atoms with Gasteiger partial charge in [-0.2, -0.15) is 0 Å². The van der Waals surface area contributed by atoms with Gasteiger partial charge < -0.3 is 0 Å². The van der Waals surface area contributed by atoms with E-state index in [4.69, 9.17) is 5.84 Å².